The van der Waals surface area contributed by atoms with Gasteiger partial charge in [0.05, 0.1) is 30.5 Å². The molecule has 23 heavy (non-hydrogen) atoms. The van der Waals surface area contributed by atoms with E-state index in [1.807, 2.05) is 6.07 Å². The van der Waals surface area contributed by atoms with Crippen molar-refractivity contribution < 1.29 is 4.74 Å². The molecule has 112 valence electrons. The molecule has 0 fully saturated rings. The van der Waals surface area contributed by atoms with E-state index in [9.17, 15) is 0 Å². The third-order valence-corrected chi connectivity index (χ3v) is 4.65. The highest BCUT2D eigenvalue weighted by Crippen LogP contribution is 2.38. The van der Waals surface area contributed by atoms with Crippen LogP contribution in [-0.4, -0.2) is 18.9 Å². The van der Waals surface area contributed by atoms with Crippen molar-refractivity contribution in [3.63, 3.8) is 0 Å². The molecule has 3 aromatic rings. The molecule has 2 heterocycles. The Morgan fingerprint density at radius 3 is 2.65 bits per heavy atom. The number of anilines is 1. The average Bonchev–Trinajstić information content (AvgIpc) is 3.07. The van der Waals surface area contributed by atoms with Crippen molar-refractivity contribution in [1.29, 1.82) is 0 Å². The summed E-state index contributed by atoms with van der Waals surface area (Å²) in [5.74, 6) is 1.32. The molecule has 3 nitrogen and oxygen atoms in total. The summed E-state index contributed by atoms with van der Waals surface area (Å²) in [6.07, 6.45) is 0. The zero-order valence-corrected chi connectivity index (χ0v) is 12.6. The number of hydrogen-bond donors (Lipinski definition) is 0. The highest BCUT2D eigenvalue weighted by atomic mass is 16.5. The maximum absolute atomic E-state index is 6.13. The summed E-state index contributed by atoms with van der Waals surface area (Å²) in [5.41, 5.74) is 3.43. The second kappa shape index (κ2) is 4.85. The summed E-state index contributed by atoms with van der Waals surface area (Å²) in [4.78, 5) is 0. The van der Waals surface area contributed by atoms with Crippen molar-refractivity contribution in [2.75, 3.05) is 18.2 Å². The van der Waals surface area contributed by atoms with Crippen LogP contribution in [-0.2, 0) is 0 Å². The van der Waals surface area contributed by atoms with E-state index in [0.717, 1.165) is 29.3 Å². The Morgan fingerprint density at radius 1 is 0.913 bits per heavy atom. The minimum absolute atomic E-state index is 0.337. The quantitative estimate of drug-likeness (QED) is 0.676. The van der Waals surface area contributed by atoms with Gasteiger partial charge in [0, 0.05) is 10.9 Å². The standard InChI is InChI=1S/C20H16N2O/c1-2-7-16(8-3-1)22-12-15-13-23-20-17-9-5-4-6-14(17)10-11-18(20)19(15)21-22/h1-11,15H,12-13H2. The molecular formula is C20H16N2O. The fraction of sp³-hybridized carbons (Fsp3) is 0.150. The van der Waals surface area contributed by atoms with E-state index in [1.165, 1.54) is 10.8 Å². The molecule has 0 saturated heterocycles. The molecular weight excluding hydrogens is 284 g/mol. The third-order valence-electron chi connectivity index (χ3n) is 4.65. The van der Waals surface area contributed by atoms with Gasteiger partial charge in [-0.1, -0.05) is 48.5 Å². The molecule has 3 heteroatoms. The molecule has 1 atom stereocenters. The van der Waals surface area contributed by atoms with Crippen LogP contribution < -0.4 is 9.75 Å². The van der Waals surface area contributed by atoms with Crippen molar-refractivity contribution in [3.05, 3.63) is 72.3 Å². The van der Waals surface area contributed by atoms with Crippen LogP contribution in [0.3, 0.4) is 0 Å². The first-order valence-corrected chi connectivity index (χ1v) is 7.96. The number of nitrogens with zero attached hydrogens (tertiary/aromatic N) is 2. The fourth-order valence-electron chi connectivity index (χ4n) is 3.50. The van der Waals surface area contributed by atoms with E-state index in [2.05, 4.69) is 65.7 Å². The maximum Gasteiger partial charge on any atom is 0.136 e. The number of hydrogen-bond acceptors (Lipinski definition) is 3. The Hall–Kier alpha value is -2.81. The van der Waals surface area contributed by atoms with Crippen LogP contribution in [0.5, 0.6) is 5.75 Å². The predicted octanol–water partition coefficient (Wildman–Crippen LogP) is 4.07. The molecule has 1 unspecified atom stereocenters. The minimum Gasteiger partial charge on any atom is -0.491 e. The summed E-state index contributed by atoms with van der Waals surface area (Å²) in [7, 11) is 0. The number of rotatable bonds is 1. The molecule has 0 aliphatic carbocycles. The Bertz CT molecular complexity index is 917. The number of fused-ring (bicyclic) bond motifs is 5. The van der Waals surface area contributed by atoms with Crippen LogP contribution in [0.1, 0.15) is 5.56 Å². The lowest BCUT2D eigenvalue weighted by atomic mass is 9.92. The summed E-state index contributed by atoms with van der Waals surface area (Å²) in [5, 5.41) is 9.37. The summed E-state index contributed by atoms with van der Waals surface area (Å²) in [6, 6.07) is 23.0. The van der Waals surface area contributed by atoms with Crippen LogP contribution in [0.25, 0.3) is 10.8 Å². The molecule has 0 spiro atoms. The van der Waals surface area contributed by atoms with Crippen LogP contribution in [0, 0.1) is 5.92 Å². The average molecular weight is 300 g/mol. The molecule has 2 aliphatic heterocycles. The largest absolute Gasteiger partial charge is 0.491 e. The molecule has 0 aromatic heterocycles. The van der Waals surface area contributed by atoms with Gasteiger partial charge < -0.3 is 4.74 Å². The SMILES string of the molecule is c1ccc(N2CC3COc4c(ccc5ccccc45)C3=N2)cc1. The van der Waals surface area contributed by atoms with Gasteiger partial charge in [-0.05, 0) is 23.6 Å². The van der Waals surface area contributed by atoms with Gasteiger partial charge >= 0.3 is 0 Å². The van der Waals surface area contributed by atoms with Gasteiger partial charge in [0.15, 0.2) is 0 Å². The summed E-state index contributed by atoms with van der Waals surface area (Å²) < 4.78 is 6.13. The van der Waals surface area contributed by atoms with Crippen molar-refractivity contribution in [3.8, 4) is 5.75 Å². The smallest absolute Gasteiger partial charge is 0.136 e. The fourth-order valence-corrected chi connectivity index (χ4v) is 3.50. The highest BCUT2D eigenvalue weighted by molar-refractivity contribution is 6.11. The molecule has 0 radical (unpaired) electrons. The van der Waals surface area contributed by atoms with Gasteiger partial charge in [-0.25, -0.2) is 0 Å². The second-order valence-electron chi connectivity index (χ2n) is 6.07. The zero-order valence-electron chi connectivity index (χ0n) is 12.6. The zero-order chi connectivity index (χ0) is 15.2. The van der Waals surface area contributed by atoms with Crippen molar-refractivity contribution in [2.24, 2.45) is 11.0 Å². The number of benzene rings is 3. The first-order chi connectivity index (χ1) is 11.4. The van der Waals surface area contributed by atoms with Gasteiger partial charge in [-0.15, -0.1) is 0 Å². The molecule has 0 saturated carbocycles. The maximum atomic E-state index is 6.13. The van der Waals surface area contributed by atoms with Gasteiger partial charge in [0.25, 0.3) is 0 Å². The van der Waals surface area contributed by atoms with Crippen LogP contribution >= 0.6 is 0 Å². The Labute approximate surface area is 134 Å². The topological polar surface area (TPSA) is 24.8 Å². The highest BCUT2D eigenvalue weighted by Gasteiger charge is 2.34. The van der Waals surface area contributed by atoms with E-state index >= 15 is 0 Å². The van der Waals surface area contributed by atoms with E-state index in [0.29, 0.717) is 12.5 Å². The number of ether oxygens (including phenoxy) is 1. The monoisotopic (exact) mass is 300 g/mol. The van der Waals surface area contributed by atoms with E-state index in [1.54, 1.807) is 0 Å². The number of para-hydroxylation sites is 1. The van der Waals surface area contributed by atoms with Gasteiger partial charge in [0.2, 0.25) is 0 Å². The van der Waals surface area contributed by atoms with Crippen molar-refractivity contribution >= 4 is 22.2 Å². The van der Waals surface area contributed by atoms with Gasteiger partial charge in [0.1, 0.15) is 5.75 Å². The van der Waals surface area contributed by atoms with Crippen LogP contribution in [0.2, 0.25) is 0 Å². The Balaban J connectivity index is 1.64. The first kappa shape index (κ1) is 12.7. The molecule has 0 N–H and O–H groups in total. The Morgan fingerprint density at radius 2 is 1.74 bits per heavy atom. The lowest BCUT2D eigenvalue weighted by molar-refractivity contribution is 0.283. The molecule has 2 aliphatic rings. The third kappa shape index (κ3) is 1.93. The molecule has 5 rings (SSSR count). The van der Waals surface area contributed by atoms with E-state index < -0.39 is 0 Å². The van der Waals surface area contributed by atoms with Crippen LogP contribution in [0.4, 0.5) is 5.69 Å². The van der Waals surface area contributed by atoms with Gasteiger partial charge in [-0.2, -0.15) is 5.10 Å². The van der Waals surface area contributed by atoms with Gasteiger partial charge in [-0.3, -0.25) is 5.01 Å². The van der Waals surface area contributed by atoms with Crippen molar-refractivity contribution in [2.45, 2.75) is 0 Å². The summed E-state index contributed by atoms with van der Waals surface area (Å²) >= 11 is 0. The predicted molar refractivity (Wildman–Crippen MR) is 93.3 cm³/mol. The normalized spacial score (nSPS) is 19.0. The molecule has 0 amide bonds. The summed E-state index contributed by atoms with van der Waals surface area (Å²) in [6.45, 7) is 1.58. The second-order valence-corrected chi connectivity index (χ2v) is 6.07. The van der Waals surface area contributed by atoms with E-state index in [4.69, 9.17) is 9.84 Å². The number of hydrazone groups is 1. The van der Waals surface area contributed by atoms with E-state index in [-0.39, 0.29) is 0 Å². The lowest BCUT2D eigenvalue weighted by Gasteiger charge is -2.24. The Kier molecular flexibility index (Phi) is 2.68. The lowest BCUT2D eigenvalue weighted by Crippen LogP contribution is -2.29. The van der Waals surface area contributed by atoms with Crippen LogP contribution in [0.15, 0.2) is 71.8 Å². The molecule has 0 bridgehead atoms. The van der Waals surface area contributed by atoms with Crippen molar-refractivity contribution in [1.82, 2.24) is 0 Å². The molecule has 3 aromatic carbocycles. The minimum atomic E-state index is 0.337. The first-order valence-electron chi connectivity index (χ1n) is 7.96.